The molecule has 5 nitrogen and oxygen atoms in total. The van der Waals surface area contributed by atoms with Crippen molar-refractivity contribution >= 4 is 0 Å². The van der Waals surface area contributed by atoms with Crippen LogP contribution in [0.4, 0.5) is 4.39 Å². The quantitative estimate of drug-likeness (QED) is 0.614. The molecule has 0 spiro atoms. The topological polar surface area (TPSA) is 65.7 Å². The highest BCUT2D eigenvalue weighted by molar-refractivity contribution is 5.32. The van der Waals surface area contributed by atoms with Crippen molar-refractivity contribution in [1.29, 1.82) is 0 Å². The highest BCUT2D eigenvalue weighted by Gasteiger charge is 2.40. The SMILES string of the molecule is COc1cccc(CC(NN)C2(OC)CCOCC2)c1F. The fourth-order valence-corrected chi connectivity index (χ4v) is 2.90. The van der Waals surface area contributed by atoms with Crippen molar-refractivity contribution in [2.75, 3.05) is 27.4 Å². The Kier molecular flexibility index (Phi) is 5.52. The molecule has 1 aliphatic heterocycles. The molecule has 1 aromatic rings. The van der Waals surface area contributed by atoms with Crippen LogP contribution in [-0.2, 0) is 15.9 Å². The van der Waals surface area contributed by atoms with Gasteiger partial charge in [-0.05, 0) is 18.1 Å². The highest BCUT2D eigenvalue weighted by Crippen LogP contribution is 2.31. The molecule has 0 amide bonds. The minimum Gasteiger partial charge on any atom is -0.494 e. The molecule has 1 saturated heterocycles. The number of hydrogen-bond acceptors (Lipinski definition) is 5. The predicted molar refractivity (Wildman–Crippen MR) is 77.6 cm³/mol. The third kappa shape index (κ3) is 3.35. The Morgan fingerprint density at radius 1 is 1.38 bits per heavy atom. The van der Waals surface area contributed by atoms with Crippen LogP contribution in [0.15, 0.2) is 18.2 Å². The molecular formula is C15H23FN2O3. The molecule has 1 atom stereocenters. The number of hydrogen-bond donors (Lipinski definition) is 2. The number of rotatable bonds is 6. The second-order valence-corrected chi connectivity index (χ2v) is 5.24. The zero-order valence-electron chi connectivity index (χ0n) is 12.5. The molecule has 3 N–H and O–H groups in total. The molecule has 0 aliphatic carbocycles. The Morgan fingerprint density at radius 3 is 2.67 bits per heavy atom. The van der Waals surface area contributed by atoms with Gasteiger partial charge in [0.15, 0.2) is 11.6 Å². The van der Waals surface area contributed by atoms with E-state index < -0.39 is 5.60 Å². The summed E-state index contributed by atoms with van der Waals surface area (Å²) in [6, 6.07) is 4.91. The van der Waals surface area contributed by atoms with Crippen LogP contribution in [0.25, 0.3) is 0 Å². The molecule has 1 fully saturated rings. The van der Waals surface area contributed by atoms with Crippen molar-refractivity contribution in [2.45, 2.75) is 30.9 Å². The summed E-state index contributed by atoms with van der Waals surface area (Å²) in [7, 11) is 3.12. The van der Waals surface area contributed by atoms with Crippen molar-refractivity contribution < 1.29 is 18.6 Å². The van der Waals surface area contributed by atoms with Crippen LogP contribution in [0.5, 0.6) is 5.75 Å². The molecule has 21 heavy (non-hydrogen) atoms. The van der Waals surface area contributed by atoms with E-state index in [4.69, 9.17) is 20.1 Å². The van der Waals surface area contributed by atoms with Gasteiger partial charge in [0.25, 0.3) is 0 Å². The zero-order chi connectivity index (χ0) is 15.3. The van der Waals surface area contributed by atoms with Crippen molar-refractivity contribution in [3.63, 3.8) is 0 Å². The maximum atomic E-state index is 14.3. The van der Waals surface area contributed by atoms with Crippen molar-refractivity contribution in [3.8, 4) is 5.75 Å². The Labute approximate surface area is 124 Å². The van der Waals surface area contributed by atoms with E-state index in [-0.39, 0.29) is 17.6 Å². The van der Waals surface area contributed by atoms with Crippen molar-refractivity contribution in [2.24, 2.45) is 5.84 Å². The molecule has 1 heterocycles. The maximum Gasteiger partial charge on any atom is 0.168 e. The monoisotopic (exact) mass is 298 g/mol. The number of nitrogens with two attached hydrogens (primary N) is 1. The summed E-state index contributed by atoms with van der Waals surface area (Å²) in [5.74, 6) is 5.60. The van der Waals surface area contributed by atoms with Gasteiger partial charge in [-0.25, -0.2) is 4.39 Å². The van der Waals surface area contributed by atoms with E-state index in [0.29, 0.717) is 25.2 Å². The van der Waals surface area contributed by atoms with E-state index in [9.17, 15) is 4.39 Å². The van der Waals surface area contributed by atoms with Crippen LogP contribution in [0.2, 0.25) is 0 Å². The average Bonchev–Trinajstić information content (AvgIpc) is 2.54. The van der Waals surface area contributed by atoms with Gasteiger partial charge < -0.3 is 14.2 Å². The first kappa shape index (κ1) is 16.2. The van der Waals surface area contributed by atoms with Gasteiger partial charge in [0.05, 0.1) is 18.8 Å². The summed E-state index contributed by atoms with van der Waals surface area (Å²) < 4.78 is 30.4. The summed E-state index contributed by atoms with van der Waals surface area (Å²) in [6.07, 6.45) is 1.88. The van der Waals surface area contributed by atoms with Gasteiger partial charge >= 0.3 is 0 Å². The summed E-state index contributed by atoms with van der Waals surface area (Å²) >= 11 is 0. The lowest BCUT2D eigenvalue weighted by Crippen LogP contribution is -2.58. The molecule has 6 heteroatoms. The third-order valence-corrected chi connectivity index (χ3v) is 4.27. The Balaban J connectivity index is 2.22. The number of nitrogens with one attached hydrogen (secondary N) is 1. The number of halogens is 1. The van der Waals surface area contributed by atoms with Crippen LogP contribution in [0.3, 0.4) is 0 Å². The molecule has 0 aromatic heterocycles. The zero-order valence-corrected chi connectivity index (χ0v) is 12.5. The molecule has 1 aliphatic rings. The summed E-state index contributed by atoms with van der Waals surface area (Å²) in [4.78, 5) is 0. The van der Waals surface area contributed by atoms with Gasteiger partial charge in [-0.3, -0.25) is 11.3 Å². The highest BCUT2D eigenvalue weighted by atomic mass is 19.1. The Hall–Kier alpha value is -1.21. The third-order valence-electron chi connectivity index (χ3n) is 4.27. The molecule has 0 radical (unpaired) electrons. The van der Waals surface area contributed by atoms with Crippen molar-refractivity contribution in [1.82, 2.24) is 5.43 Å². The van der Waals surface area contributed by atoms with Gasteiger partial charge in [-0.15, -0.1) is 0 Å². The number of methoxy groups -OCH3 is 2. The summed E-state index contributed by atoms with van der Waals surface area (Å²) in [5, 5.41) is 0. The van der Waals surface area contributed by atoms with Gasteiger partial charge in [-0.2, -0.15) is 0 Å². The molecule has 1 aromatic carbocycles. The normalized spacial score (nSPS) is 19.2. The second kappa shape index (κ2) is 7.17. The number of benzene rings is 1. The standard InChI is InChI=1S/C15H23FN2O3/c1-19-12-5-3-4-11(14(12)16)10-13(18-17)15(20-2)6-8-21-9-7-15/h3-5,13,18H,6-10,17H2,1-2H3. The number of ether oxygens (including phenoxy) is 3. The minimum atomic E-state index is -0.442. The lowest BCUT2D eigenvalue weighted by atomic mass is 9.83. The second-order valence-electron chi connectivity index (χ2n) is 5.24. The smallest absolute Gasteiger partial charge is 0.168 e. The summed E-state index contributed by atoms with van der Waals surface area (Å²) in [5.41, 5.74) is 2.90. The predicted octanol–water partition coefficient (Wildman–Crippen LogP) is 1.40. The van der Waals surface area contributed by atoms with E-state index in [0.717, 1.165) is 12.8 Å². The van der Waals surface area contributed by atoms with Gasteiger partial charge in [0.2, 0.25) is 0 Å². The maximum absolute atomic E-state index is 14.3. The van der Waals surface area contributed by atoms with E-state index in [2.05, 4.69) is 5.43 Å². The van der Waals surface area contributed by atoms with Crippen LogP contribution < -0.4 is 16.0 Å². The van der Waals surface area contributed by atoms with Crippen LogP contribution in [-0.4, -0.2) is 39.1 Å². The average molecular weight is 298 g/mol. The Bertz CT molecular complexity index is 464. The Morgan fingerprint density at radius 2 is 2.10 bits per heavy atom. The van der Waals surface area contributed by atoms with E-state index >= 15 is 0 Å². The van der Waals surface area contributed by atoms with Crippen molar-refractivity contribution in [3.05, 3.63) is 29.6 Å². The first-order valence-corrected chi connectivity index (χ1v) is 7.07. The largest absolute Gasteiger partial charge is 0.494 e. The molecule has 0 bridgehead atoms. The molecule has 1 unspecified atom stereocenters. The first-order valence-electron chi connectivity index (χ1n) is 7.07. The van der Waals surface area contributed by atoms with Gasteiger partial charge in [-0.1, -0.05) is 12.1 Å². The first-order chi connectivity index (χ1) is 10.2. The van der Waals surface area contributed by atoms with Crippen LogP contribution >= 0.6 is 0 Å². The fraction of sp³-hybridized carbons (Fsp3) is 0.600. The lowest BCUT2D eigenvalue weighted by molar-refractivity contribution is -0.110. The molecular weight excluding hydrogens is 275 g/mol. The number of hydrazine groups is 1. The van der Waals surface area contributed by atoms with Crippen LogP contribution in [0, 0.1) is 5.82 Å². The van der Waals surface area contributed by atoms with E-state index in [1.54, 1.807) is 25.3 Å². The summed E-state index contributed by atoms with van der Waals surface area (Å²) in [6.45, 7) is 1.24. The van der Waals surface area contributed by atoms with Crippen LogP contribution in [0.1, 0.15) is 18.4 Å². The van der Waals surface area contributed by atoms with E-state index in [1.165, 1.54) is 7.11 Å². The lowest BCUT2D eigenvalue weighted by Gasteiger charge is -2.42. The molecule has 118 valence electrons. The molecule has 0 saturated carbocycles. The van der Waals surface area contributed by atoms with E-state index in [1.807, 2.05) is 0 Å². The molecule has 2 rings (SSSR count). The van der Waals surface area contributed by atoms with Gasteiger partial charge in [0.1, 0.15) is 0 Å². The fourth-order valence-electron chi connectivity index (χ4n) is 2.90. The minimum absolute atomic E-state index is 0.201. The van der Waals surface area contributed by atoms with Gasteiger partial charge in [0, 0.05) is 33.2 Å².